The zero-order valence-corrected chi connectivity index (χ0v) is 19.1. The molecule has 1 aliphatic rings. The number of nitrogens with two attached hydrogens (primary N) is 1. The molecule has 1 aromatic heterocycles. The number of aromatic nitrogens is 3. The van der Waals surface area contributed by atoms with Gasteiger partial charge in [-0.3, -0.25) is 4.55 Å². The Hall–Kier alpha value is -2.89. The lowest BCUT2D eigenvalue weighted by Gasteiger charge is -2.37. The van der Waals surface area contributed by atoms with E-state index in [-0.39, 0.29) is 22.7 Å². The summed E-state index contributed by atoms with van der Waals surface area (Å²) in [5.74, 6) is 2.15. The summed E-state index contributed by atoms with van der Waals surface area (Å²) in [5, 5.41) is 5.46. The molecule has 0 radical (unpaired) electrons. The van der Waals surface area contributed by atoms with Crippen molar-refractivity contribution in [3.8, 4) is 0 Å². The molecular weight excluding hydrogens is 488 g/mol. The van der Waals surface area contributed by atoms with Gasteiger partial charge >= 0.3 is 10.6 Å². The van der Waals surface area contributed by atoms with E-state index in [2.05, 4.69) is 25.6 Å². The van der Waals surface area contributed by atoms with E-state index in [9.17, 15) is 13.3 Å². The zero-order chi connectivity index (χ0) is 23.9. The number of anilines is 3. The highest BCUT2D eigenvalue weighted by molar-refractivity contribution is 8.29. The topological polar surface area (TPSA) is 221 Å². The third kappa shape index (κ3) is 7.66. The third-order valence-electron chi connectivity index (χ3n) is 4.43. The van der Waals surface area contributed by atoms with Crippen molar-refractivity contribution in [3.63, 3.8) is 0 Å². The Balaban J connectivity index is 0.000000837. The van der Waals surface area contributed by atoms with Crippen LogP contribution in [0.3, 0.4) is 0 Å². The number of hydrogen-bond acceptors (Lipinski definition) is 13. The molecule has 2 heterocycles. The maximum absolute atomic E-state index is 11.3. The van der Waals surface area contributed by atoms with E-state index < -0.39 is 31.0 Å². The van der Waals surface area contributed by atoms with E-state index >= 15 is 0 Å². The molecule has 0 atom stereocenters. The molecule has 3 rings (SSSR count). The van der Waals surface area contributed by atoms with Gasteiger partial charge in [0, 0.05) is 23.1 Å². The molecule has 176 valence electrons. The van der Waals surface area contributed by atoms with Gasteiger partial charge in [-0.15, -0.1) is 17.5 Å². The molecule has 0 spiro atoms. The van der Waals surface area contributed by atoms with Crippen LogP contribution in [0.5, 0.6) is 0 Å². The molecule has 2 aromatic rings. The Morgan fingerprint density at radius 1 is 1.22 bits per heavy atom. The maximum Gasteiger partial charge on any atom is 0.425 e. The number of benzene rings is 1. The number of nitrogens with one attached hydrogen (secondary N) is 1. The Morgan fingerprint density at radius 3 is 2.41 bits per heavy atom. The van der Waals surface area contributed by atoms with Crippen LogP contribution in [0.25, 0.3) is 0 Å². The number of nitrogen functional groups attached to an aromatic ring is 1. The number of hydrogen-bond donors (Lipinski definition) is 3. The van der Waals surface area contributed by atoms with Gasteiger partial charge in [0.05, 0.1) is 4.90 Å². The van der Waals surface area contributed by atoms with Crippen LogP contribution in [0, 0.1) is 4.91 Å². The van der Waals surface area contributed by atoms with Crippen LogP contribution in [0.1, 0.15) is 24.6 Å². The first-order chi connectivity index (χ1) is 14.9. The highest BCUT2D eigenvalue weighted by Gasteiger charge is 2.31. The second kappa shape index (κ2) is 10.6. The fraction of sp³-hybridized carbons (Fsp3) is 0.400. The van der Waals surface area contributed by atoms with Gasteiger partial charge in [0.25, 0.3) is 10.1 Å². The molecule has 0 aliphatic carbocycles. The second-order valence-electron chi connectivity index (χ2n) is 6.72. The van der Waals surface area contributed by atoms with Gasteiger partial charge in [0.2, 0.25) is 11.9 Å². The molecule has 32 heavy (non-hydrogen) atoms. The zero-order valence-electron chi connectivity index (χ0n) is 16.6. The first-order valence-electron chi connectivity index (χ1n) is 8.79. The summed E-state index contributed by atoms with van der Waals surface area (Å²) in [6.07, 6.45) is 3.37. The van der Waals surface area contributed by atoms with Gasteiger partial charge in [-0.1, -0.05) is 16.4 Å². The largest absolute Gasteiger partial charge is 0.425 e. The highest BCUT2D eigenvalue weighted by atomic mass is 32.3. The quantitative estimate of drug-likeness (QED) is 0.285. The maximum atomic E-state index is 11.3. The molecule has 0 saturated carbocycles. The van der Waals surface area contributed by atoms with Gasteiger partial charge in [-0.25, -0.2) is 0 Å². The van der Waals surface area contributed by atoms with Crippen molar-refractivity contribution in [2.24, 2.45) is 5.34 Å². The lowest BCUT2D eigenvalue weighted by molar-refractivity contribution is 0.370. The average molecular weight is 509 g/mol. The summed E-state index contributed by atoms with van der Waals surface area (Å²) in [6.45, 7) is 0. The van der Waals surface area contributed by atoms with Gasteiger partial charge in [-0.05, 0) is 37.3 Å². The smallest absolute Gasteiger partial charge is 0.368 e. The summed E-state index contributed by atoms with van der Waals surface area (Å²) < 4.78 is 62.1. The third-order valence-corrected chi connectivity index (χ3v) is 7.90. The first-order valence-corrected chi connectivity index (χ1v) is 13.5. The Morgan fingerprint density at radius 2 is 1.84 bits per heavy atom. The van der Waals surface area contributed by atoms with Crippen molar-refractivity contribution in [3.05, 3.63) is 35.0 Å². The van der Waals surface area contributed by atoms with Gasteiger partial charge in [0.1, 0.15) is 5.82 Å². The number of nitrogens with zero attached hydrogens (tertiary/aromatic N) is 4. The van der Waals surface area contributed by atoms with E-state index in [0.717, 1.165) is 12.8 Å². The van der Waals surface area contributed by atoms with Crippen molar-refractivity contribution in [2.75, 3.05) is 28.8 Å². The molecule has 0 bridgehead atoms. The molecule has 1 saturated heterocycles. The van der Waals surface area contributed by atoms with Crippen molar-refractivity contribution >= 4 is 48.6 Å². The van der Waals surface area contributed by atoms with E-state index in [1.54, 1.807) is 6.07 Å². The SMILES string of the molecule is CS1(ON=O)CCC(c2nc(N)nc(Nc3cccc(S(=O)(=O)O)c3)n2)CC1.O=S(=O)=O. The van der Waals surface area contributed by atoms with Crippen molar-refractivity contribution in [2.45, 2.75) is 23.7 Å². The van der Waals surface area contributed by atoms with Gasteiger partial charge < -0.3 is 15.3 Å². The summed E-state index contributed by atoms with van der Waals surface area (Å²) in [4.78, 5) is 22.8. The summed E-state index contributed by atoms with van der Waals surface area (Å²) in [6, 6.07) is 5.61. The van der Waals surface area contributed by atoms with E-state index in [0.29, 0.717) is 23.0 Å². The Kier molecular flexibility index (Phi) is 8.42. The van der Waals surface area contributed by atoms with Crippen molar-refractivity contribution in [1.29, 1.82) is 0 Å². The van der Waals surface area contributed by atoms with Crippen LogP contribution < -0.4 is 11.1 Å². The lowest BCUT2D eigenvalue weighted by atomic mass is 10.0. The second-order valence-corrected chi connectivity index (χ2v) is 11.9. The fourth-order valence-corrected chi connectivity index (χ4v) is 5.54. The molecular formula is C15H20N6O8S3. The minimum Gasteiger partial charge on any atom is -0.368 e. The summed E-state index contributed by atoms with van der Waals surface area (Å²) in [5.41, 5.74) is 6.18. The molecule has 0 unspecified atom stereocenters. The molecule has 14 nitrogen and oxygen atoms in total. The van der Waals surface area contributed by atoms with Crippen LogP contribution in [0.15, 0.2) is 34.5 Å². The predicted octanol–water partition coefficient (Wildman–Crippen LogP) is 1.36. The minimum absolute atomic E-state index is 0.0323. The van der Waals surface area contributed by atoms with E-state index in [4.69, 9.17) is 27.2 Å². The minimum atomic E-state index is -4.32. The Labute approximate surface area is 186 Å². The van der Waals surface area contributed by atoms with Crippen molar-refractivity contribution < 1.29 is 29.9 Å². The molecule has 0 amide bonds. The molecule has 1 aliphatic heterocycles. The van der Waals surface area contributed by atoms with Crippen molar-refractivity contribution in [1.82, 2.24) is 15.0 Å². The normalized spacial score (nSPS) is 22.4. The molecule has 1 aromatic carbocycles. The molecule has 17 heteroatoms. The lowest BCUT2D eigenvalue weighted by Crippen LogP contribution is -2.22. The van der Waals surface area contributed by atoms with Crippen LogP contribution in [-0.4, -0.2) is 58.3 Å². The Bertz CT molecular complexity index is 1180. The van der Waals surface area contributed by atoms with Gasteiger partial charge in [-0.2, -0.15) is 23.4 Å². The number of rotatable bonds is 6. The fourth-order valence-electron chi connectivity index (χ4n) is 2.95. The monoisotopic (exact) mass is 508 g/mol. The van der Waals surface area contributed by atoms with E-state index in [1.165, 1.54) is 18.2 Å². The summed E-state index contributed by atoms with van der Waals surface area (Å²) in [7, 11) is -8.93. The van der Waals surface area contributed by atoms with Gasteiger partial charge in [0.15, 0.2) is 5.34 Å². The van der Waals surface area contributed by atoms with E-state index in [1.807, 2.05) is 6.26 Å². The first kappa shape index (κ1) is 25.4. The average Bonchev–Trinajstić information content (AvgIpc) is 2.67. The summed E-state index contributed by atoms with van der Waals surface area (Å²) >= 11 is 0. The highest BCUT2D eigenvalue weighted by Crippen LogP contribution is 2.52. The molecule has 1 fully saturated rings. The standard InChI is InChI=1S/C15H20N6O5S2.O3S/c1-27(26-21-22)7-5-10(6-8-27)13-18-14(16)20-15(19-13)17-11-3-2-4-12(9-11)28(23,24)25;1-4(2)3/h2-4,9-10H,5-8H2,1H3,(H,23,24,25)(H3,16,17,18,19,20);. The van der Waals surface area contributed by atoms with Crippen LogP contribution >= 0.6 is 10.3 Å². The predicted molar refractivity (Wildman–Crippen MR) is 116 cm³/mol. The molecule has 4 N–H and O–H groups in total. The van der Waals surface area contributed by atoms with Crippen LogP contribution in [-0.2, 0) is 25.0 Å². The van der Waals surface area contributed by atoms with Crippen LogP contribution in [0.4, 0.5) is 17.6 Å². The van der Waals surface area contributed by atoms with Crippen LogP contribution in [0.2, 0.25) is 0 Å².